The third-order valence-electron chi connectivity index (χ3n) is 2.29. The number of carbonyl (C=O) groups excluding carboxylic acids is 2. The van der Waals surface area contributed by atoms with Gasteiger partial charge in [0.2, 0.25) is 11.8 Å². The molecule has 0 aliphatic heterocycles. The lowest BCUT2D eigenvalue weighted by Gasteiger charge is -2.16. The van der Waals surface area contributed by atoms with Gasteiger partial charge in [-0.1, -0.05) is 13.3 Å². The van der Waals surface area contributed by atoms with E-state index in [2.05, 4.69) is 10.6 Å². The second-order valence-corrected chi connectivity index (χ2v) is 3.91. The summed E-state index contributed by atoms with van der Waals surface area (Å²) in [5.74, 6) is -0.527. The molecule has 2 atom stereocenters. The van der Waals surface area contributed by atoms with Crippen LogP contribution in [0.1, 0.15) is 26.7 Å². The average Bonchev–Trinajstić information content (AvgIpc) is 2.29. The summed E-state index contributed by atoms with van der Waals surface area (Å²) < 4.78 is 4.80. The van der Waals surface area contributed by atoms with Gasteiger partial charge in [0.1, 0.15) is 6.04 Å². The molecule has 4 N–H and O–H groups in total. The molecule has 0 aromatic rings. The molecule has 17 heavy (non-hydrogen) atoms. The van der Waals surface area contributed by atoms with Gasteiger partial charge in [-0.05, 0) is 13.3 Å². The highest BCUT2D eigenvalue weighted by atomic mass is 16.5. The van der Waals surface area contributed by atoms with Gasteiger partial charge in [0.25, 0.3) is 0 Å². The average molecular weight is 245 g/mol. The summed E-state index contributed by atoms with van der Waals surface area (Å²) in [6.45, 7) is 4.45. The maximum Gasteiger partial charge on any atom is 0.242 e. The predicted molar refractivity (Wildman–Crippen MR) is 65.4 cm³/mol. The molecule has 0 aromatic heterocycles. The zero-order valence-corrected chi connectivity index (χ0v) is 10.8. The minimum Gasteiger partial charge on any atom is -0.383 e. The van der Waals surface area contributed by atoms with Gasteiger partial charge in [0.15, 0.2) is 0 Å². The highest BCUT2D eigenvalue weighted by Gasteiger charge is 2.18. The molecule has 0 fully saturated rings. The van der Waals surface area contributed by atoms with Crippen molar-refractivity contribution in [1.29, 1.82) is 0 Å². The second-order valence-electron chi connectivity index (χ2n) is 3.91. The molecule has 100 valence electrons. The standard InChI is InChI=1S/C11H23N3O3/c1-4-5-9(12)11(16)14-8(2)10(15)13-6-7-17-3/h8-9H,4-7,12H2,1-3H3,(H,13,15)(H,14,16). The second kappa shape index (κ2) is 8.95. The zero-order chi connectivity index (χ0) is 13.3. The zero-order valence-electron chi connectivity index (χ0n) is 10.8. The molecule has 2 unspecified atom stereocenters. The minimum absolute atomic E-state index is 0.237. The van der Waals surface area contributed by atoms with Crippen LogP contribution in [0.25, 0.3) is 0 Å². The lowest BCUT2D eigenvalue weighted by Crippen LogP contribution is -2.50. The number of ether oxygens (including phenoxy) is 1. The first kappa shape index (κ1) is 15.9. The van der Waals surface area contributed by atoms with Crippen LogP contribution in [-0.4, -0.2) is 44.2 Å². The number of methoxy groups -OCH3 is 1. The molecule has 0 heterocycles. The van der Waals surface area contributed by atoms with Crippen molar-refractivity contribution in [2.75, 3.05) is 20.3 Å². The smallest absolute Gasteiger partial charge is 0.242 e. The van der Waals surface area contributed by atoms with E-state index in [9.17, 15) is 9.59 Å². The highest BCUT2D eigenvalue weighted by molar-refractivity contribution is 5.89. The molecule has 0 radical (unpaired) electrons. The van der Waals surface area contributed by atoms with E-state index in [4.69, 9.17) is 10.5 Å². The van der Waals surface area contributed by atoms with Crippen molar-refractivity contribution in [2.45, 2.75) is 38.8 Å². The van der Waals surface area contributed by atoms with E-state index >= 15 is 0 Å². The Bertz CT molecular complexity index is 246. The van der Waals surface area contributed by atoms with Crippen molar-refractivity contribution < 1.29 is 14.3 Å². The van der Waals surface area contributed by atoms with Gasteiger partial charge in [-0.3, -0.25) is 9.59 Å². The summed E-state index contributed by atoms with van der Waals surface area (Å²) in [5.41, 5.74) is 5.63. The van der Waals surface area contributed by atoms with Crippen molar-refractivity contribution in [3.8, 4) is 0 Å². The maximum absolute atomic E-state index is 11.5. The molecule has 2 amide bonds. The quantitative estimate of drug-likeness (QED) is 0.497. The predicted octanol–water partition coefficient (Wildman–Crippen LogP) is -0.619. The summed E-state index contributed by atoms with van der Waals surface area (Å²) in [6, 6.07) is -1.13. The van der Waals surface area contributed by atoms with Gasteiger partial charge in [-0.15, -0.1) is 0 Å². The lowest BCUT2D eigenvalue weighted by atomic mass is 10.1. The largest absolute Gasteiger partial charge is 0.383 e. The van der Waals surface area contributed by atoms with Gasteiger partial charge >= 0.3 is 0 Å². The van der Waals surface area contributed by atoms with Crippen molar-refractivity contribution in [3.05, 3.63) is 0 Å². The Morgan fingerprint density at radius 2 is 2.00 bits per heavy atom. The highest BCUT2D eigenvalue weighted by Crippen LogP contribution is 1.94. The third kappa shape index (κ3) is 6.91. The van der Waals surface area contributed by atoms with E-state index in [1.165, 1.54) is 0 Å². The Balaban J connectivity index is 3.94. The molecule has 0 spiro atoms. The monoisotopic (exact) mass is 245 g/mol. The third-order valence-corrected chi connectivity index (χ3v) is 2.29. The fourth-order valence-corrected chi connectivity index (χ4v) is 1.26. The normalized spacial score (nSPS) is 13.9. The van der Waals surface area contributed by atoms with E-state index < -0.39 is 12.1 Å². The van der Waals surface area contributed by atoms with Crippen molar-refractivity contribution in [3.63, 3.8) is 0 Å². The van der Waals surface area contributed by atoms with E-state index in [0.29, 0.717) is 19.6 Å². The molecule has 0 saturated heterocycles. The number of nitrogens with two attached hydrogens (primary N) is 1. The van der Waals surface area contributed by atoms with Crippen LogP contribution in [0.3, 0.4) is 0 Å². The Kier molecular flexibility index (Phi) is 8.35. The summed E-state index contributed by atoms with van der Waals surface area (Å²) in [4.78, 5) is 23.0. The van der Waals surface area contributed by atoms with Crippen molar-refractivity contribution in [1.82, 2.24) is 10.6 Å². The fourth-order valence-electron chi connectivity index (χ4n) is 1.26. The first-order valence-corrected chi connectivity index (χ1v) is 5.85. The molecule has 6 nitrogen and oxygen atoms in total. The molecule has 0 aliphatic carbocycles. The molecule has 6 heteroatoms. The van der Waals surface area contributed by atoms with Crippen molar-refractivity contribution in [2.24, 2.45) is 5.73 Å². The van der Waals surface area contributed by atoms with Crippen LogP contribution in [-0.2, 0) is 14.3 Å². The minimum atomic E-state index is -0.581. The summed E-state index contributed by atoms with van der Waals surface area (Å²) in [5, 5.41) is 5.21. The molecular formula is C11H23N3O3. The maximum atomic E-state index is 11.5. The first-order valence-electron chi connectivity index (χ1n) is 5.85. The first-order chi connectivity index (χ1) is 8.02. The Morgan fingerprint density at radius 3 is 2.53 bits per heavy atom. The number of hydrogen-bond donors (Lipinski definition) is 3. The number of nitrogens with one attached hydrogen (secondary N) is 2. The number of amides is 2. The van der Waals surface area contributed by atoms with Crippen LogP contribution in [0.4, 0.5) is 0 Å². The molecule has 0 aliphatic rings. The van der Waals surface area contributed by atoms with Crippen LogP contribution in [0.5, 0.6) is 0 Å². The molecule has 0 aromatic carbocycles. The summed E-state index contributed by atoms with van der Waals surface area (Å²) >= 11 is 0. The van der Waals surface area contributed by atoms with Crippen LogP contribution < -0.4 is 16.4 Å². The SMILES string of the molecule is CCCC(N)C(=O)NC(C)C(=O)NCCOC. The number of hydrogen-bond acceptors (Lipinski definition) is 4. The fraction of sp³-hybridized carbons (Fsp3) is 0.818. The molecular weight excluding hydrogens is 222 g/mol. The van der Waals surface area contributed by atoms with Crippen LogP contribution in [0.15, 0.2) is 0 Å². The molecule has 0 bridgehead atoms. The molecule has 0 rings (SSSR count). The number of carbonyl (C=O) groups is 2. The van der Waals surface area contributed by atoms with Crippen molar-refractivity contribution >= 4 is 11.8 Å². The Labute approximate surface area is 102 Å². The van der Waals surface area contributed by atoms with Crippen LogP contribution in [0.2, 0.25) is 0 Å². The van der Waals surface area contributed by atoms with Gasteiger partial charge in [-0.2, -0.15) is 0 Å². The Hall–Kier alpha value is -1.14. The molecule has 0 saturated carbocycles. The van der Waals surface area contributed by atoms with E-state index in [1.54, 1.807) is 14.0 Å². The van der Waals surface area contributed by atoms with Gasteiger partial charge in [0, 0.05) is 13.7 Å². The summed E-state index contributed by atoms with van der Waals surface area (Å²) in [7, 11) is 1.56. The lowest BCUT2D eigenvalue weighted by molar-refractivity contribution is -0.129. The topological polar surface area (TPSA) is 93.5 Å². The van der Waals surface area contributed by atoms with Crippen LogP contribution >= 0.6 is 0 Å². The van der Waals surface area contributed by atoms with Crippen LogP contribution in [0, 0.1) is 0 Å². The van der Waals surface area contributed by atoms with E-state index in [0.717, 1.165) is 6.42 Å². The van der Waals surface area contributed by atoms with E-state index in [1.807, 2.05) is 6.92 Å². The van der Waals surface area contributed by atoms with Gasteiger partial charge < -0.3 is 21.1 Å². The van der Waals surface area contributed by atoms with Gasteiger partial charge in [0.05, 0.1) is 12.6 Å². The van der Waals surface area contributed by atoms with E-state index in [-0.39, 0.29) is 11.8 Å². The van der Waals surface area contributed by atoms with Gasteiger partial charge in [-0.25, -0.2) is 0 Å². The summed E-state index contributed by atoms with van der Waals surface area (Å²) in [6.07, 6.45) is 1.45. The number of rotatable bonds is 8. The Morgan fingerprint density at radius 1 is 1.35 bits per heavy atom.